The van der Waals surface area contributed by atoms with Crippen molar-refractivity contribution in [3.8, 4) is 11.3 Å². The largest absolute Gasteiger partial charge is 0.363 e. The van der Waals surface area contributed by atoms with E-state index in [2.05, 4.69) is 10.5 Å². The minimum Gasteiger partial charge on any atom is -0.363 e. The second kappa shape index (κ2) is 6.50. The summed E-state index contributed by atoms with van der Waals surface area (Å²) < 4.78 is 5.04. The summed E-state index contributed by atoms with van der Waals surface area (Å²) in [7, 11) is 1.93. The van der Waals surface area contributed by atoms with Crippen molar-refractivity contribution in [1.29, 1.82) is 0 Å². The van der Waals surface area contributed by atoms with Crippen molar-refractivity contribution in [2.75, 3.05) is 26.7 Å². The number of halogens is 1. The Kier molecular flexibility index (Phi) is 4.45. The molecule has 2 aromatic rings. The van der Waals surface area contributed by atoms with Crippen LogP contribution >= 0.6 is 11.6 Å². The van der Waals surface area contributed by atoms with Crippen molar-refractivity contribution in [1.82, 2.24) is 15.4 Å². The fraction of sp³-hybridized carbons (Fsp3) is 0.375. The Morgan fingerprint density at radius 2 is 2.23 bits per heavy atom. The molecule has 5 nitrogen and oxygen atoms in total. The SMILES string of the molecule is CNC[C@@H]1CCN(C(=O)c2conc2-c2ccc(Cl)cc2)C1. The first kappa shape index (κ1) is 15.1. The minimum absolute atomic E-state index is 0.0233. The lowest BCUT2D eigenvalue weighted by atomic mass is 10.1. The number of rotatable bonds is 4. The third-order valence-corrected chi connectivity index (χ3v) is 4.24. The van der Waals surface area contributed by atoms with Crippen LogP contribution in [0.3, 0.4) is 0 Å². The quantitative estimate of drug-likeness (QED) is 0.941. The van der Waals surface area contributed by atoms with Crippen molar-refractivity contribution in [2.24, 2.45) is 5.92 Å². The maximum atomic E-state index is 12.7. The van der Waals surface area contributed by atoms with Crippen LogP contribution in [0.4, 0.5) is 0 Å². The van der Waals surface area contributed by atoms with E-state index in [1.807, 2.05) is 24.1 Å². The van der Waals surface area contributed by atoms with Crippen LogP contribution in [-0.4, -0.2) is 42.6 Å². The third-order valence-electron chi connectivity index (χ3n) is 3.98. The standard InChI is InChI=1S/C16H18ClN3O2/c1-18-8-11-6-7-20(9-11)16(21)14-10-22-19-15(14)12-2-4-13(17)5-3-12/h2-5,10-11,18H,6-9H2,1H3/t11-/m0/s1. The molecule has 1 aromatic heterocycles. The molecule has 2 heterocycles. The number of benzene rings is 1. The van der Waals surface area contributed by atoms with Crippen LogP contribution in [-0.2, 0) is 0 Å². The molecule has 1 atom stereocenters. The lowest BCUT2D eigenvalue weighted by Gasteiger charge is -2.16. The molecule has 22 heavy (non-hydrogen) atoms. The van der Waals surface area contributed by atoms with Gasteiger partial charge in [-0.05, 0) is 38.1 Å². The number of carbonyl (C=O) groups is 1. The zero-order chi connectivity index (χ0) is 15.5. The molecule has 6 heteroatoms. The van der Waals surface area contributed by atoms with E-state index < -0.39 is 0 Å². The molecule has 0 spiro atoms. The Balaban J connectivity index is 1.80. The van der Waals surface area contributed by atoms with Crippen molar-refractivity contribution >= 4 is 17.5 Å². The van der Waals surface area contributed by atoms with Gasteiger partial charge in [0.05, 0.1) is 0 Å². The van der Waals surface area contributed by atoms with E-state index in [1.54, 1.807) is 12.1 Å². The Morgan fingerprint density at radius 3 is 2.95 bits per heavy atom. The predicted octanol–water partition coefficient (Wildman–Crippen LogP) is 2.68. The smallest absolute Gasteiger partial charge is 0.259 e. The highest BCUT2D eigenvalue weighted by Crippen LogP contribution is 2.26. The molecule has 0 bridgehead atoms. The maximum absolute atomic E-state index is 12.7. The fourth-order valence-electron chi connectivity index (χ4n) is 2.85. The zero-order valence-corrected chi connectivity index (χ0v) is 13.1. The van der Waals surface area contributed by atoms with Gasteiger partial charge in [0.1, 0.15) is 17.5 Å². The van der Waals surface area contributed by atoms with Gasteiger partial charge in [0.25, 0.3) is 5.91 Å². The monoisotopic (exact) mass is 319 g/mol. The van der Waals surface area contributed by atoms with Crippen molar-refractivity contribution in [2.45, 2.75) is 6.42 Å². The minimum atomic E-state index is -0.0233. The molecular formula is C16H18ClN3O2. The van der Waals surface area contributed by atoms with Crippen molar-refractivity contribution in [3.05, 3.63) is 41.1 Å². The van der Waals surface area contributed by atoms with Gasteiger partial charge in [0.2, 0.25) is 0 Å². The Hall–Kier alpha value is -1.85. The van der Waals surface area contributed by atoms with E-state index in [0.29, 0.717) is 22.2 Å². The first-order chi connectivity index (χ1) is 10.7. The summed E-state index contributed by atoms with van der Waals surface area (Å²) in [5.41, 5.74) is 1.90. The molecule has 1 N–H and O–H groups in total. The number of aromatic nitrogens is 1. The van der Waals surface area contributed by atoms with Gasteiger partial charge in [0.15, 0.2) is 0 Å². The van der Waals surface area contributed by atoms with E-state index >= 15 is 0 Å². The zero-order valence-electron chi connectivity index (χ0n) is 12.4. The Labute approximate surface area is 134 Å². The van der Waals surface area contributed by atoms with E-state index in [-0.39, 0.29) is 5.91 Å². The average Bonchev–Trinajstić information content (AvgIpc) is 3.17. The summed E-state index contributed by atoms with van der Waals surface area (Å²) in [5, 5.41) is 7.80. The van der Waals surface area contributed by atoms with Crippen LogP contribution in [0.5, 0.6) is 0 Å². The van der Waals surface area contributed by atoms with E-state index in [1.165, 1.54) is 6.26 Å². The number of carbonyl (C=O) groups excluding carboxylic acids is 1. The molecule has 0 unspecified atom stereocenters. The fourth-order valence-corrected chi connectivity index (χ4v) is 2.97. The molecule has 1 fully saturated rings. The Bertz CT molecular complexity index is 654. The van der Waals surface area contributed by atoms with E-state index in [4.69, 9.17) is 16.1 Å². The van der Waals surface area contributed by atoms with Gasteiger partial charge in [-0.1, -0.05) is 28.9 Å². The summed E-state index contributed by atoms with van der Waals surface area (Å²) in [5.74, 6) is 0.484. The molecule has 1 aromatic carbocycles. The number of nitrogens with zero attached hydrogens (tertiary/aromatic N) is 2. The average molecular weight is 320 g/mol. The van der Waals surface area contributed by atoms with Crippen molar-refractivity contribution < 1.29 is 9.32 Å². The number of nitrogens with one attached hydrogen (secondary N) is 1. The number of amides is 1. The van der Waals surface area contributed by atoms with Crippen LogP contribution in [0.25, 0.3) is 11.3 Å². The lowest BCUT2D eigenvalue weighted by molar-refractivity contribution is 0.0787. The number of hydrogen-bond donors (Lipinski definition) is 1. The van der Waals surface area contributed by atoms with Gasteiger partial charge in [-0.25, -0.2) is 0 Å². The van der Waals surface area contributed by atoms with Gasteiger partial charge in [-0.2, -0.15) is 0 Å². The molecule has 3 rings (SSSR count). The molecule has 1 aliphatic heterocycles. The molecule has 0 saturated carbocycles. The van der Waals surface area contributed by atoms with Gasteiger partial charge < -0.3 is 14.7 Å². The summed E-state index contributed by atoms with van der Waals surface area (Å²) in [4.78, 5) is 14.6. The normalized spacial score (nSPS) is 17.9. The maximum Gasteiger partial charge on any atom is 0.259 e. The highest BCUT2D eigenvalue weighted by atomic mass is 35.5. The van der Waals surface area contributed by atoms with Crippen LogP contribution in [0.2, 0.25) is 5.02 Å². The lowest BCUT2D eigenvalue weighted by Crippen LogP contribution is -2.30. The van der Waals surface area contributed by atoms with Crippen LogP contribution in [0.15, 0.2) is 35.1 Å². The molecule has 0 radical (unpaired) electrons. The van der Waals surface area contributed by atoms with Crippen LogP contribution in [0.1, 0.15) is 16.8 Å². The summed E-state index contributed by atoms with van der Waals surface area (Å²) in [6.45, 7) is 2.47. The topological polar surface area (TPSA) is 58.4 Å². The molecule has 116 valence electrons. The summed E-state index contributed by atoms with van der Waals surface area (Å²) in [6.07, 6.45) is 2.45. The van der Waals surface area contributed by atoms with Gasteiger partial charge in [-0.3, -0.25) is 4.79 Å². The Morgan fingerprint density at radius 1 is 1.45 bits per heavy atom. The third kappa shape index (κ3) is 3.00. The second-order valence-corrected chi connectivity index (χ2v) is 5.98. The molecule has 0 aliphatic carbocycles. The highest BCUT2D eigenvalue weighted by Gasteiger charge is 2.29. The molecular weight excluding hydrogens is 302 g/mol. The predicted molar refractivity (Wildman–Crippen MR) is 84.9 cm³/mol. The van der Waals surface area contributed by atoms with Crippen LogP contribution in [0, 0.1) is 5.92 Å². The van der Waals surface area contributed by atoms with E-state index in [0.717, 1.165) is 31.6 Å². The van der Waals surface area contributed by atoms with Gasteiger partial charge in [0, 0.05) is 23.7 Å². The molecule has 1 saturated heterocycles. The summed E-state index contributed by atoms with van der Waals surface area (Å²) in [6, 6.07) is 7.23. The van der Waals surface area contributed by atoms with E-state index in [9.17, 15) is 4.79 Å². The summed E-state index contributed by atoms with van der Waals surface area (Å²) >= 11 is 5.90. The van der Waals surface area contributed by atoms with Crippen LogP contribution < -0.4 is 5.32 Å². The van der Waals surface area contributed by atoms with Gasteiger partial charge in [-0.15, -0.1) is 0 Å². The number of likely N-dealkylation sites (tertiary alicyclic amines) is 1. The molecule has 1 aliphatic rings. The number of hydrogen-bond acceptors (Lipinski definition) is 4. The first-order valence-corrected chi connectivity index (χ1v) is 7.71. The first-order valence-electron chi connectivity index (χ1n) is 7.33. The highest BCUT2D eigenvalue weighted by molar-refractivity contribution is 6.30. The molecule has 1 amide bonds. The second-order valence-electron chi connectivity index (χ2n) is 5.55. The van der Waals surface area contributed by atoms with Crippen molar-refractivity contribution in [3.63, 3.8) is 0 Å². The van der Waals surface area contributed by atoms with Gasteiger partial charge >= 0.3 is 0 Å².